The number of carboxylic acid groups (broad SMARTS) is 1. The summed E-state index contributed by atoms with van der Waals surface area (Å²) in [6.07, 6.45) is 0.811. The van der Waals surface area contributed by atoms with Crippen LogP contribution >= 0.6 is 0 Å². The van der Waals surface area contributed by atoms with E-state index in [9.17, 15) is 14.9 Å². The molecule has 0 radical (unpaired) electrons. The maximum Gasteiger partial charge on any atom is 0.303 e. The lowest BCUT2D eigenvalue weighted by molar-refractivity contribution is -0.385. The normalized spacial score (nSPS) is 10.1. The van der Waals surface area contributed by atoms with Crippen LogP contribution in [-0.4, -0.2) is 29.7 Å². The molecule has 0 aromatic heterocycles. The van der Waals surface area contributed by atoms with Crippen LogP contribution in [0.15, 0.2) is 12.1 Å². The number of rotatable bonds is 8. The minimum absolute atomic E-state index is 0.0164. The quantitative estimate of drug-likeness (QED) is 0.447. The average Bonchev–Trinajstić information content (AvgIpc) is 2.42. The number of nitro benzene ring substituents is 1. The van der Waals surface area contributed by atoms with Crippen molar-refractivity contribution in [3.8, 4) is 11.5 Å². The Bertz CT molecular complexity index is 500. The van der Waals surface area contributed by atoms with Gasteiger partial charge in [-0.25, -0.2) is 0 Å². The molecule has 0 saturated carbocycles. The van der Waals surface area contributed by atoms with Gasteiger partial charge >= 0.3 is 5.97 Å². The lowest BCUT2D eigenvalue weighted by atomic mass is 10.1. The summed E-state index contributed by atoms with van der Waals surface area (Å²) in [7, 11) is 1.45. The molecule has 1 aromatic rings. The number of nitrogens with zero attached hydrogens (tertiary/aromatic N) is 1. The van der Waals surface area contributed by atoms with Crippen LogP contribution in [0.25, 0.3) is 0 Å². The molecule has 0 fully saturated rings. The second kappa shape index (κ2) is 7.32. The van der Waals surface area contributed by atoms with E-state index in [1.54, 1.807) is 6.07 Å². The van der Waals surface area contributed by atoms with Gasteiger partial charge in [0.1, 0.15) is 0 Å². The summed E-state index contributed by atoms with van der Waals surface area (Å²) in [5.74, 6) is -0.252. The first-order valence-electron chi connectivity index (χ1n) is 6.19. The highest BCUT2D eigenvalue weighted by Gasteiger charge is 2.18. The van der Waals surface area contributed by atoms with Crippen molar-refractivity contribution in [2.24, 2.45) is 0 Å². The van der Waals surface area contributed by atoms with Crippen molar-refractivity contribution in [3.05, 3.63) is 27.8 Å². The zero-order valence-electron chi connectivity index (χ0n) is 11.4. The molecule has 0 atom stereocenters. The van der Waals surface area contributed by atoms with Gasteiger partial charge in [-0.1, -0.05) is 6.92 Å². The first-order valence-corrected chi connectivity index (χ1v) is 6.19. The van der Waals surface area contributed by atoms with Gasteiger partial charge in [0.05, 0.1) is 24.7 Å². The van der Waals surface area contributed by atoms with Gasteiger partial charge in [-0.15, -0.1) is 0 Å². The highest BCUT2D eigenvalue weighted by atomic mass is 16.6. The molecule has 0 heterocycles. The summed E-state index contributed by atoms with van der Waals surface area (Å²) in [6.45, 7) is 1.97. The predicted molar refractivity (Wildman–Crippen MR) is 71.4 cm³/mol. The van der Waals surface area contributed by atoms with Gasteiger partial charge in [0.25, 0.3) is 5.69 Å². The van der Waals surface area contributed by atoms with Crippen LogP contribution in [-0.2, 0) is 11.2 Å². The third-order valence-electron chi connectivity index (χ3n) is 2.74. The molecule has 1 rings (SSSR count). The van der Waals surface area contributed by atoms with Crippen molar-refractivity contribution < 1.29 is 24.3 Å². The molecule has 0 spiro atoms. The maximum absolute atomic E-state index is 11.0. The van der Waals surface area contributed by atoms with E-state index in [0.29, 0.717) is 24.2 Å². The highest BCUT2D eigenvalue weighted by Crippen LogP contribution is 2.35. The third-order valence-corrected chi connectivity index (χ3v) is 2.74. The van der Waals surface area contributed by atoms with Crippen LogP contribution in [0, 0.1) is 10.1 Å². The molecule has 0 bridgehead atoms. The lowest BCUT2D eigenvalue weighted by Gasteiger charge is -2.12. The van der Waals surface area contributed by atoms with Crippen LogP contribution in [0.2, 0.25) is 0 Å². The molecule has 0 aliphatic heterocycles. The van der Waals surface area contributed by atoms with E-state index < -0.39 is 10.9 Å². The predicted octanol–water partition coefficient (Wildman–Crippen LogP) is 2.41. The van der Waals surface area contributed by atoms with E-state index in [0.717, 1.165) is 0 Å². The molecule has 7 nitrogen and oxygen atoms in total. The number of carbonyl (C=O) groups is 1. The Kier molecular flexibility index (Phi) is 5.76. The number of aryl methyl sites for hydroxylation is 1. The van der Waals surface area contributed by atoms with E-state index >= 15 is 0 Å². The summed E-state index contributed by atoms with van der Waals surface area (Å²) in [6, 6.07) is 2.89. The first-order chi connectivity index (χ1) is 9.49. The van der Waals surface area contributed by atoms with E-state index in [2.05, 4.69) is 0 Å². The van der Waals surface area contributed by atoms with Crippen molar-refractivity contribution >= 4 is 11.7 Å². The zero-order chi connectivity index (χ0) is 15.1. The minimum Gasteiger partial charge on any atom is -0.493 e. The van der Waals surface area contributed by atoms with Crippen LogP contribution in [0.5, 0.6) is 11.5 Å². The fraction of sp³-hybridized carbons (Fsp3) is 0.462. The maximum atomic E-state index is 11.0. The summed E-state index contributed by atoms with van der Waals surface area (Å²) in [5, 5.41) is 19.5. The first kappa shape index (κ1) is 15.7. The Balaban J connectivity index is 2.90. The van der Waals surface area contributed by atoms with Gasteiger partial charge in [0.2, 0.25) is 0 Å². The van der Waals surface area contributed by atoms with Gasteiger partial charge in [0, 0.05) is 12.0 Å². The van der Waals surface area contributed by atoms with E-state index in [4.69, 9.17) is 14.6 Å². The average molecular weight is 283 g/mol. The van der Waals surface area contributed by atoms with Crippen molar-refractivity contribution in [2.75, 3.05) is 13.7 Å². The zero-order valence-corrected chi connectivity index (χ0v) is 11.4. The Morgan fingerprint density at radius 3 is 2.60 bits per heavy atom. The smallest absolute Gasteiger partial charge is 0.303 e. The number of methoxy groups -OCH3 is 1. The molecule has 110 valence electrons. The Morgan fingerprint density at radius 2 is 2.10 bits per heavy atom. The molecule has 0 unspecified atom stereocenters. The number of hydrogen-bond donors (Lipinski definition) is 1. The van der Waals surface area contributed by atoms with Crippen molar-refractivity contribution in [1.82, 2.24) is 0 Å². The van der Waals surface area contributed by atoms with Gasteiger partial charge in [-0.2, -0.15) is 0 Å². The van der Waals surface area contributed by atoms with E-state index in [1.807, 2.05) is 6.92 Å². The number of carboxylic acids is 1. The van der Waals surface area contributed by atoms with E-state index in [-0.39, 0.29) is 24.5 Å². The number of ether oxygens (including phenoxy) is 2. The van der Waals surface area contributed by atoms with Crippen LogP contribution in [0.1, 0.15) is 25.3 Å². The largest absolute Gasteiger partial charge is 0.493 e. The van der Waals surface area contributed by atoms with Gasteiger partial charge in [-0.3, -0.25) is 14.9 Å². The van der Waals surface area contributed by atoms with Gasteiger partial charge < -0.3 is 14.6 Å². The van der Waals surface area contributed by atoms with Gasteiger partial charge in [0.15, 0.2) is 11.5 Å². The lowest BCUT2D eigenvalue weighted by Crippen LogP contribution is -2.04. The summed E-state index contributed by atoms with van der Waals surface area (Å²) < 4.78 is 10.5. The summed E-state index contributed by atoms with van der Waals surface area (Å²) in [5.41, 5.74) is 0.534. The van der Waals surface area contributed by atoms with Crippen LogP contribution in [0.3, 0.4) is 0 Å². The molecule has 0 aliphatic rings. The molecule has 7 heteroatoms. The number of benzene rings is 1. The number of nitro groups is 1. The molecule has 1 N–H and O–H groups in total. The Labute approximate surface area is 116 Å². The summed E-state index contributed by atoms with van der Waals surface area (Å²) in [4.78, 5) is 20.9. The molecule has 1 aromatic carbocycles. The topological polar surface area (TPSA) is 98.9 Å². The van der Waals surface area contributed by atoms with Crippen LogP contribution in [0.4, 0.5) is 5.69 Å². The second-order valence-electron chi connectivity index (χ2n) is 4.09. The fourth-order valence-corrected chi connectivity index (χ4v) is 1.72. The minimum atomic E-state index is -0.909. The third kappa shape index (κ3) is 4.11. The number of aliphatic carboxylic acids is 1. The van der Waals surface area contributed by atoms with Crippen molar-refractivity contribution in [1.29, 1.82) is 0 Å². The standard InChI is InChI=1S/C13H17NO6/c1-3-9-7-11(19-2)12(8-10(9)14(17)18)20-6-4-5-13(15)16/h7-8H,3-6H2,1-2H3,(H,15,16). The fourth-order valence-electron chi connectivity index (χ4n) is 1.72. The summed E-state index contributed by atoms with van der Waals surface area (Å²) >= 11 is 0. The molecule has 0 amide bonds. The van der Waals surface area contributed by atoms with Crippen molar-refractivity contribution in [2.45, 2.75) is 26.2 Å². The Morgan fingerprint density at radius 1 is 1.40 bits per heavy atom. The monoisotopic (exact) mass is 283 g/mol. The second-order valence-corrected chi connectivity index (χ2v) is 4.09. The SMILES string of the molecule is CCc1cc(OC)c(OCCCC(=O)O)cc1[N+](=O)[O-]. The number of hydrogen-bond acceptors (Lipinski definition) is 5. The van der Waals surface area contributed by atoms with Gasteiger partial charge in [-0.05, 0) is 18.9 Å². The van der Waals surface area contributed by atoms with E-state index in [1.165, 1.54) is 13.2 Å². The molecular formula is C13H17NO6. The Hall–Kier alpha value is -2.31. The molecular weight excluding hydrogens is 266 g/mol. The molecule has 0 saturated heterocycles. The van der Waals surface area contributed by atoms with Crippen LogP contribution < -0.4 is 9.47 Å². The molecule has 20 heavy (non-hydrogen) atoms. The molecule has 0 aliphatic carbocycles. The highest BCUT2D eigenvalue weighted by molar-refractivity contribution is 5.66. The van der Waals surface area contributed by atoms with Crippen molar-refractivity contribution in [3.63, 3.8) is 0 Å².